The van der Waals surface area contributed by atoms with Gasteiger partial charge in [-0.05, 0) is 40.0 Å². The van der Waals surface area contributed by atoms with Gasteiger partial charge < -0.3 is 4.74 Å². The van der Waals surface area contributed by atoms with Crippen molar-refractivity contribution in [2.75, 3.05) is 7.11 Å². The molecule has 1 fully saturated rings. The van der Waals surface area contributed by atoms with Gasteiger partial charge in [0.25, 0.3) is 0 Å². The van der Waals surface area contributed by atoms with Crippen molar-refractivity contribution in [3.63, 3.8) is 0 Å². The van der Waals surface area contributed by atoms with Gasteiger partial charge in [0.1, 0.15) is 11.5 Å². The maximum atomic E-state index is 12.4. The molecule has 1 aliphatic heterocycles. The number of Topliss-reactive ketones (excluding diaryl/α,β-unsaturated/α-hetero) is 1. The number of hydrogen-bond donors (Lipinski definition) is 0. The van der Waals surface area contributed by atoms with Gasteiger partial charge in [0, 0.05) is 18.1 Å². The molecule has 0 aliphatic carbocycles. The van der Waals surface area contributed by atoms with E-state index in [0.29, 0.717) is 18.6 Å². The summed E-state index contributed by atoms with van der Waals surface area (Å²) in [6.45, 7) is 11.2. The van der Waals surface area contributed by atoms with Crippen LogP contribution in [0, 0.1) is 6.92 Å². The fraction of sp³-hybridized carbons (Fsp3) is 0.435. The van der Waals surface area contributed by atoms with Crippen LogP contribution in [0.2, 0.25) is 0 Å². The molecule has 0 radical (unpaired) electrons. The monoisotopic (exact) mass is 368 g/mol. The van der Waals surface area contributed by atoms with E-state index < -0.39 is 7.92 Å². The molecule has 0 N–H and O–H groups in total. The number of methoxy groups -OCH3 is 1. The molecule has 1 aliphatic rings. The molecule has 0 saturated carbocycles. The zero-order valence-electron chi connectivity index (χ0n) is 16.7. The second-order valence-electron chi connectivity index (χ2n) is 8.53. The van der Waals surface area contributed by atoms with Crippen LogP contribution in [0.3, 0.4) is 0 Å². The maximum Gasteiger partial charge on any atom is 0.134 e. The topological polar surface area (TPSA) is 26.3 Å². The number of benzene rings is 2. The summed E-state index contributed by atoms with van der Waals surface area (Å²) in [5, 5.41) is 1.20. The third-order valence-corrected chi connectivity index (χ3v) is 8.95. The lowest BCUT2D eigenvalue weighted by Gasteiger charge is -2.50. The first kappa shape index (κ1) is 19.1. The fourth-order valence-electron chi connectivity index (χ4n) is 4.64. The first-order chi connectivity index (χ1) is 12.2. The second-order valence-corrected chi connectivity index (χ2v) is 12.1. The number of carbonyl (C=O) groups excluding carboxylic acids is 1. The van der Waals surface area contributed by atoms with Crippen molar-refractivity contribution in [2.24, 2.45) is 0 Å². The molecule has 2 aromatic rings. The molecule has 26 heavy (non-hydrogen) atoms. The van der Waals surface area contributed by atoms with E-state index in [1.807, 2.05) is 0 Å². The van der Waals surface area contributed by atoms with E-state index >= 15 is 0 Å². The van der Waals surface area contributed by atoms with Crippen molar-refractivity contribution >= 4 is 19.0 Å². The predicted octanol–water partition coefficient (Wildman–Crippen LogP) is 5.70. The van der Waals surface area contributed by atoms with Gasteiger partial charge in [0.05, 0.1) is 7.11 Å². The van der Waals surface area contributed by atoms with E-state index in [9.17, 15) is 4.79 Å². The lowest BCUT2D eigenvalue weighted by atomic mass is 9.96. The minimum Gasteiger partial charge on any atom is -0.496 e. The van der Waals surface area contributed by atoms with Crippen LogP contribution < -0.4 is 10.0 Å². The SMILES string of the molecule is COc1ccc(C)c(-c2ccccc2)c1P1C(C)(C)CC(=O)CC1(C)C. The fourth-order valence-corrected chi connectivity index (χ4v) is 9.07. The standard InChI is InChI=1S/C23H29O2P/c1-16-12-13-19(25-6)21(20(16)17-10-8-7-9-11-17)26-22(2,3)14-18(24)15-23(26,4)5/h7-13H,14-15H2,1-6H3. The lowest BCUT2D eigenvalue weighted by molar-refractivity contribution is -0.120. The molecule has 2 nitrogen and oxygen atoms in total. The van der Waals surface area contributed by atoms with Crippen LogP contribution in [0.15, 0.2) is 42.5 Å². The zero-order chi connectivity index (χ0) is 19.1. The van der Waals surface area contributed by atoms with Crippen molar-refractivity contribution in [1.82, 2.24) is 0 Å². The number of aryl methyl sites for hydroxylation is 1. The molecule has 3 heteroatoms. The molecule has 2 aromatic carbocycles. The minimum absolute atomic E-state index is 0.0568. The van der Waals surface area contributed by atoms with Crippen molar-refractivity contribution in [3.05, 3.63) is 48.0 Å². The Hall–Kier alpha value is -1.66. The number of ether oxygens (including phenoxy) is 1. The van der Waals surface area contributed by atoms with Gasteiger partial charge in [0.2, 0.25) is 0 Å². The molecule has 0 aromatic heterocycles. The summed E-state index contributed by atoms with van der Waals surface area (Å²) in [5.41, 5.74) is 3.77. The van der Waals surface area contributed by atoms with Crippen molar-refractivity contribution < 1.29 is 9.53 Å². The van der Waals surface area contributed by atoms with Gasteiger partial charge >= 0.3 is 0 Å². The Labute approximate surface area is 158 Å². The first-order valence-corrected chi connectivity index (χ1v) is 10.6. The van der Waals surface area contributed by atoms with E-state index in [1.165, 1.54) is 22.0 Å². The summed E-state index contributed by atoms with van der Waals surface area (Å²) in [6, 6.07) is 14.8. The minimum atomic E-state index is -0.613. The highest BCUT2D eigenvalue weighted by molar-refractivity contribution is 7.69. The average molecular weight is 368 g/mol. The van der Waals surface area contributed by atoms with E-state index in [1.54, 1.807) is 7.11 Å². The Balaban J connectivity index is 2.33. The smallest absolute Gasteiger partial charge is 0.134 e. The zero-order valence-corrected chi connectivity index (χ0v) is 17.6. The van der Waals surface area contributed by atoms with Gasteiger partial charge in [-0.2, -0.15) is 0 Å². The summed E-state index contributed by atoms with van der Waals surface area (Å²) < 4.78 is 5.86. The van der Waals surface area contributed by atoms with Crippen molar-refractivity contribution in [2.45, 2.75) is 57.8 Å². The first-order valence-electron chi connectivity index (χ1n) is 9.22. The van der Waals surface area contributed by atoms with E-state index in [-0.39, 0.29) is 10.3 Å². The van der Waals surface area contributed by atoms with E-state index in [0.717, 1.165) is 5.75 Å². The normalized spacial score (nSPS) is 19.4. The highest BCUT2D eigenvalue weighted by Gasteiger charge is 2.49. The summed E-state index contributed by atoms with van der Waals surface area (Å²) in [4.78, 5) is 12.4. The molecule has 0 unspecified atom stereocenters. The predicted molar refractivity (Wildman–Crippen MR) is 112 cm³/mol. The summed E-state index contributed by atoms with van der Waals surface area (Å²) in [6.07, 6.45) is 1.29. The summed E-state index contributed by atoms with van der Waals surface area (Å²) in [5.74, 6) is 1.34. The largest absolute Gasteiger partial charge is 0.496 e. The highest BCUT2D eigenvalue weighted by Crippen LogP contribution is 2.66. The van der Waals surface area contributed by atoms with Crippen molar-refractivity contribution in [3.8, 4) is 16.9 Å². The van der Waals surface area contributed by atoms with Crippen LogP contribution in [0.25, 0.3) is 11.1 Å². The Morgan fingerprint density at radius 2 is 1.50 bits per heavy atom. The van der Waals surface area contributed by atoms with E-state index in [2.05, 4.69) is 77.1 Å². The van der Waals surface area contributed by atoms with Crippen LogP contribution in [-0.2, 0) is 4.79 Å². The molecular weight excluding hydrogens is 339 g/mol. The molecule has 0 atom stereocenters. The van der Waals surface area contributed by atoms with Crippen LogP contribution in [0.4, 0.5) is 0 Å². The molecule has 0 spiro atoms. The van der Waals surface area contributed by atoms with Crippen molar-refractivity contribution in [1.29, 1.82) is 0 Å². The highest BCUT2D eigenvalue weighted by atomic mass is 31.1. The number of carbonyl (C=O) groups is 1. The van der Waals surface area contributed by atoms with Gasteiger partial charge in [-0.1, -0.05) is 72.0 Å². The van der Waals surface area contributed by atoms with Crippen LogP contribution in [0.5, 0.6) is 5.75 Å². The molecule has 0 amide bonds. The molecule has 1 heterocycles. The third-order valence-electron chi connectivity index (χ3n) is 5.33. The Morgan fingerprint density at radius 1 is 0.923 bits per heavy atom. The number of rotatable bonds is 3. The molecular formula is C23H29O2P. The lowest BCUT2D eigenvalue weighted by Crippen LogP contribution is -2.44. The number of ketones is 1. The Bertz CT molecular complexity index is 802. The molecule has 0 bridgehead atoms. The van der Waals surface area contributed by atoms with Gasteiger partial charge in [-0.15, -0.1) is 0 Å². The van der Waals surface area contributed by atoms with Crippen LogP contribution >= 0.6 is 7.92 Å². The Kier molecular flexibility index (Phi) is 5.01. The van der Waals surface area contributed by atoms with Crippen LogP contribution in [-0.4, -0.2) is 23.2 Å². The van der Waals surface area contributed by atoms with Crippen LogP contribution in [0.1, 0.15) is 46.1 Å². The Morgan fingerprint density at radius 3 is 2.04 bits per heavy atom. The second kappa shape index (κ2) is 6.82. The summed E-state index contributed by atoms with van der Waals surface area (Å²) >= 11 is 0. The summed E-state index contributed by atoms with van der Waals surface area (Å²) in [7, 11) is 1.14. The molecule has 1 saturated heterocycles. The maximum absolute atomic E-state index is 12.4. The average Bonchev–Trinajstić information content (AvgIpc) is 2.53. The van der Waals surface area contributed by atoms with Gasteiger partial charge in [-0.25, -0.2) is 0 Å². The molecule has 3 rings (SSSR count). The quantitative estimate of drug-likeness (QED) is 0.650. The molecule has 138 valence electrons. The third kappa shape index (κ3) is 3.32. The van der Waals surface area contributed by atoms with E-state index in [4.69, 9.17) is 4.74 Å². The number of hydrogen-bond acceptors (Lipinski definition) is 2. The van der Waals surface area contributed by atoms with Gasteiger partial charge in [0.15, 0.2) is 0 Å². The van der Waals surface area contributed by atoms with Gasteiger partial charge in [-0.3, -0.25) is 4.79 Å².